The van der Waals surface area contributed by atoms with E-state index in [9.17, 15) is 5.26 Å². The lowest BCUT2D eigenvalue weighted by molar-refractivity contribution is 0.120. The van der Waals surface area contributed by atoms with Crippen LogP contribution < -0.4 is 10.2 Å². The van der Waals surface area contributed by atoms with Crippen molar-refractivity contribution in [2.24, 2.45) is 12.5 Å². The topological polar surface area (TPSA) is 87.1 Å². The van der Waals surface area contributed by atoms with Gasteiger partial charge in [-0.25, -0.2) is 9.50 Å². The fourth-order valence-electron chi connectivity index (χ4n) is 4.51. The van der Waals surface area contributed by atoms with Gasteiger partial charge in [0.05, 0.1) is 23.5 Å². The first-order valence-corrected chi connectivity index (χ1v) is 9.97. The van der Waals surface area contributed by atoms with Crippen molar-refractivity contribution in [3.63, 3.8) is 0 Å². The van der Waals surface area contributed by atoms with Crippen LogP contribution in [-0.4, -0.2) is 50.6 Å². The molecule has 8 nitrogen and oxygen atoms in total. The van der Waals surface area contributed by atoms with Gasteiger partial charge in [0.1, 0.15) is 11.9 Å². The van der Waals surface area contributed by atoms with Crippen LogP contribution in [-0.2, 0) is 7.05 Å². The Morgan fingerprint density at radius 1 is 1.03 bits per heavy atom. The highest BCUT2D eigenvalue weighted by atomic mass is 15.3. The van der Waals surface area contributed by atoms with Crippen molar-refractivity contribution in [2.45, 2.75) is 0 Å². The molecule has 4 aromatic rings. The third-order valence-corrected chi connectivity index (χ3v) is 6.21. The first-order valence-electron chi connectivity index (χ1n) is 9.97. The zero-order valence-electron chi connectivity index (χ0n) is 16.6. The molecule has 2 fully saturated rings. The van der Waals surface area contributed by atoms with Gasteiger partial charge in [-0.15, -0.1) is 0 Å². The van der Waals surface area contributed by atoms with Crippen LogP contribution in [0.4, 0.5) is 5.82 Å². The number of nitrogens with one attached hydrogen (secondary N) is 1. The van der Waals surface area contributed by atoms with Gasteiger partial charge in [0.25, 0.3) is 0 Å². The number of anilines is 1. The van der Waals surface area contributed by atoms with E-state index in [1.54, 1.807) is 15.4 Å². The van der Waals surface area contributed by atoms with E-state index in [2.05, 4.69) is 44.7 Å². The maximum absolute atomic E-state index is 9.58. The minimum Gasteiger partial charge on any atom is -0.355 e. The van der Waals surface area contributed by atoms with Crippen LogP contribution in [0.25, 0.3) is 27.8 Å². The highest BCUT2D eigenvalue weighted by Crippen LogP contribution is 2.37. The monoisotopic (exact) mass is 396 g/mol. The predicted molar refractivity (Wildman–Crippen MR) is 113 cm³/mol. The Labute approximate surface area is 173 Å². The van der Waals surface area contributed by atoms with Crippen LogP contribution in [0.15, 0.2) is 49.2 Å². The summed E-state index contributed by atoms with van der Waals surface area (Å²) in [6, 6.07) is 8.51. The highest BCUT2D eigenvalue weighted by Gasteiger charge is 2.47. The second-order valence-corrected chi connectivity index (χ2v) is 8.37. The van der Waals surface area contributed by atoms with Gasteiger partial charge in [0.2, 0.25) is 0 Å². The van der Waals surface area contributed by atoms with Crippen LogP contribution in [0.5, 0.6) is 0 Å². The molecule has 4 aromatic heterocycles. The molecule has 6 heterocycles. The first kappa shape index (κ1) is 17.2. The van der Waals surface area contributed by atoms with Gasteiger partial charge in [-0.05, 0) is 18.2 Å². The summed E-state index contributed by atoms with van der Waals surface area (Å²) in [5.74, 6) is 1.00. The Hall–Kier alpha value is -3.70. The minimum atomic E-state index is 0.462. The number of nitrogens with zero attached hydrogens (tertiary/aromatic N) is 7. The van der Waals surface area contributed by atoms with Crippen molar-refractivity contribution in [2.75, 3.05) is 31.1 Å². The normalized spacial score (nSPS) is 17.0. The van der Waals surface area contributed by atoms with Gasteiger partial charge in [0, 0.05) is 79.5 Å². The van der Waals surface area contributed by atoms with Gasteiger partial charge in [-0.3, -0.25) is 4.68 Å². The smallest absolute Gasteiger partial charge is 0.128 e. The third kappa shape index (κ3) is 2.52. The van der Waals surface area contributed by atoms with E-state index in [4.69, 9.17) is 4.98 Å². The number of aryl methyl sites for hydroxylation is 1. The molecule has 1 spiro atoms. The zero-order valence-corrected chi connectivity index (χ0v) is 16.6. The molecule has 0 unspecified atom stereocenters. The molecule has 30 heavy (non-hydrogen) atoms. The molecule has 0 aromatic carbocycles. The average Bonchev–Trinajstić information content (AvgIpc) is 3.31. The van der Waals surface area contributed by atoms with Crippen molar-refractivity contribution in [1.29, 1.82) is 5.26 Å². The number of hydrogen-bond acceptors (Lipinski definition) is 6. The summed E-state index contributed by atoms with van der Waals surface area (Å²) in [5.41, 5.74) is 5.70. The van der Waals surface area contributed by atoms with E-state index < -0.39 is 0 Å². The fraction of sp³-hybridized carbons (Fsp3) is 0.273. The SMILES string of the molecule is Cn1cc(-c2cc(-c3ccc(N4CC5(CNC5)C4)nc3)c3c(C#N)cnn3c2)cn1. The number of rotatable bonds is 3. The van der Waals surface area contributed by atoms with E-state index in [1.165, 1.54) is 0 Å². The molecular formula is C22H20N8. The maximum Gasteiger partial charge on any atom is 0.128 e. The van der Waals surface area contributed by atoms with Crippen molar-refractivity contribution in [3.05, 3.63) is 54.7 Å². The molecule has 0 radical (unpaired) electrons. The largest absolute Gasteiger partial charge is 0.355 e. The molecule has 8 heteroatoms. The van der Waals surface area contributed by atoms with Crippen molar-refractivity contribution in [3.8, 4) is 28.3 Å². The summed E-state index contributed by atoms with van der Waals surface area (Å²) in [6.07, 6.45) is 9.24. The van der Waals surface area contributed by atoms with Crippen molar-refractivity contribution >= 4 is 11.3 Å². The average molecular weight is 396 g/mol. The second-order valence-electron chi connectivity index (χ2n) is 8.37. The predicted octanol–water partition coefficient (Wildman–Crippen LogP) is 2.08. The van der Waals surface area contributed by atoms with Gasteiger partial charge < -0.3 is 10.2 Å². The summed E-state index contributed by atoms with van der Waals surface area (Å²) in [5, 5.41) is 21.6. The van der Waals surface area contributed by atoms with Crippen LogP contribution >= 0.6 is 0 Å². The number of hydrogen-bond donors (Lipinski definition) is 1. The van der Waals surface area contributed by atoms with Gasteiger partial charge >= 0.3 is 0 Å². The standard InChI is InChI=1S/C22H20N8/c1-28-9-18(8-26-28)16-4-19(21-17(5-23)7-27-30(21)10-16)15-2-3-20(25-6-15)29-13-22(14-29)11-24-12-22/h2-4,6-10,24H,11-14H2,1H3. The molecule has 0 aliphatic carbocycles. The molecule has 2 saturated heterocycles. The number of fused-ring (bicyclic) bond motifs is 1. The Balaban J connectivity index is 1.41. The van der Waals surface area contributed by atoms with E-state index >= 15 is 0 Å². The zero-order chi connectivity index (χ0) is 20.3. The van der Waals surface area contributed by atoms with Gasteiger partial charge in [-0.1, -0.05) is 0 Å². The Bertz CT molecular complexity index is 1300. The molecule has 148 valence electrons. The van der Waals surface area contributed by atoms with Gasteiger partial charge in [-0.2, -0.15) is 15.5 Å². The lowest BCUT2D eigenvalue weighted by atomic mass is 9.74. The number of nitriles is 1. The fourth-order valence-corrected chi connectivity index (χ4v) is 4.51. The van der Waals surface area contributed by atoms with E-state index in [0.29, 0.717) is 11.0 Å². The third-order valence-electron chi connectivity index (χ3n) is 6.21. The van der Waals surface area contributed by atoms with Crippen molar-refractivity contribution < 1.29 is 0 Å². The van der Waals surface area contributed by atoms with Crippen LogP contribution in [0.2, 0.25) is 0 Å². The summed E-state index contributed by atoms with van der Waals surface area (Å²) in [6.45, 7) is 4.35. The van der Waals surface area contributed by atoms with Crippen LogP contribution in [0.1, 0.15) is 5.56 Å². The summed E-state index contributed by atoms with van der Waals surface area (Å²) in [4.78, 5) is 7.06. The number of pyridine rings is 2. The Morgan fingerprint density at radius 2 is 1.90 bits per heavy atom. The van der Waals surface area contributed by atoms with Crippen LogP contribution in [0.3, 0.4) is 0 Å². The summed E-state index contributed by atoms with van der Waals surface area (Å²) in [7, 11) is 1.90. The molecule has 0 bridgehead atoms. The Morgan fingerprint density at radius 3 is 2.53 bits per heavy atom. The second kappa shape index (κ2) is 6.15. The quantitative estimate of drug-likeness (QED) is 0.571. The molecule has 6 rings (SSSR count). The number of aromatic nitrogens is 5. The lowest BCUT2D eigenvalue weighted by Gasteiger charge is -2.56. The first-order chi connectivity index (χ1) is 14.6. The maximum atomic E-state index is 9.58. The molecule has 2 aliphatic rings. The molecular weight excluding hydrogens is 376 g/mol. The highest BCUT2D eigenvalue weighted by molar-refractivity contribution is 5.87. The molecule has 1 N–H and O–H groups in total. The summed E-state index contributed by atoms with van der Waals surface area (Å²) < 4.78 is 3.55. The van der Waals surface area contributed by atoms with Crippen LogP contribution in [0, 0.1) is 16.7 Å². The summed E-state index contributed by atoms with van der Waals surface area (Å²) >= 11 is 0. The lowest BCUT2D eigenvalue weighted by Crippen LogP contribution is -2.71. The van der Waals surface area contributed by atoms with E-state index in [-0.39, 0.29) is 0 Å². The Kier molecular flexibility index (Phi) is 3.52. The molecule has 0 amide bonds. The minimum absolute atomic E-state index is 0.462. The molecule has 0 atom stereocenters. The van der Waals surface area contributed by atoms with Gasteiger partial charge in [0.15, 0.2) is 0 Å². The van der Waals surface area contributed by atoms with E-state index in [0.717, 1.165) is 59.8 Å². The molecule has 2 aliphatic heterocycles. The molecule has 0 saturated carbocycles. The van der Waals surface area contributed by atoms with Crippen molar-refractivity contribution in [1.82, 2.24) is 29.7 Å². The van der Waals surface area contributed by atoms with E-state index in [1.807, 2.05) is 31.8 Å².